The lowest BCUT2D eigenvalue weighted by molar-refractivity contribution is 0.300. The molecule has 2 aromatic rings. The van der Waals surface area contributed by atoms with Crippen LogP contribution in [0.4, 0.5) is 4.39 Å². The van der Waals surface area contributed by atoms with E-state index in [0.29, 0.717) is 5.92 Å². The van der Waals surface area contributed by atoms with Crippen molar-refractivity contribution in [1.29, 1.82) is 0 Å². The molecule has 4 heteroatoms. The van der Waals surface area contributed by atoms with Gasteiger partial charge in [-0.25, -0.2) is 4.39 Å². The number of benzene rings is 2. The van der Waals surface area contributed by atoms with Crippen LogP contribution in [0.15, 0.2) is 42.5 Å². The number of nitrogens with zero attached hydrogens (tertiary/aromatic N) is 1. The molecule has 1 aliphatic rings. The molecule has 25 heavy (non-hydrogen) atoms. The molecule has 0 bridgehead atoms. The van der Waals surface area contributed by atoms with E-state index < -0.39 is 0 Å². The van der Waals surface area contributed by atoms with Crippen molar-refractivity contribution in [3.05, 3.63) is 65.0 Å². The predicted molar refractivity (Wildman–Crippen MR) is 104 cm³/mol. The van der Waals surface area contributed by atoms with E-state index in [9.17, 15) is 4.39 Å². The zero-order valence-electron chi connectivity index (χ0n) is 15.0. The van der Waals surface area contributed by atoms with Crippen LogP contribution in [0.2, 0.25) is 0 Å². The number of aryl methyl sites for hydroxylation is 1. The molecule has 2 aromatic carbocycles. The average molecular weight is 364 g/mol. The molecule has 2 nitrogen and oxygen atoms in total. The highest BCUT2D eigenvalue weighted by Gasteiger charge is 2.21. The third kappa shape index (κ3) is 5.20. The molecular weight excluding hydrogens is 337 g/mol. The van der Waals surface area contributed by atoms with Crippen LogP contribution < -0.4 is 4.74 Å². The first-order valence-electron chi connectivity index (χ1n) is 8.75. The fourth-order valence-electron chi connectivity index (χ4n) is 3.65. The summed E-state index contributed by atoms with van der Waals surface area (Å²) in [5.41, 5.74) is 4.12. The number of ether oxygens (including phenoxy) is 1. The second-order valence-electron chi connectivity index (χ2n) is 6.79. The Balaban J connectivity index is 0.00000225. The highest BCUT2D eigenvalue weighted by molar-refractivity contribution is 5.85. The molecule has 1 aliphatic carbocycles. The standard InChI is InChI=1S/C21H26FNO.ClH/c1-23(13-12-16-6-8-19(22)9-7-16)15-18-5-3-4-17-14-20(24-2)10-11-21(17)18;/h6-11,14,18H,3-5,12-13,15H2,1-2H3;1H. The van der Waals surface area contributed by atoms with Gasteiger partial charge in [-0.1, -0.05) is 18.2 Å². The maximum Gasteiger partial charge on any atom is 0.123 e. The molecule has 0 aromatic heterocycles. The van der Waals surface area contributed by atoms with Gasteiger partial charge in [0.15, 0.2) is 0 Å². The lowest BCUT2D eigenvalue weighted by atomic mass is 9.82. The van der Waals surface area contributed by atoms with E-state index in [-0.39, 0.29) is 18.2 Å². The summed E-state index contributed by atoms with van der Waals surface area (Å²) in [7, 11) is 3.91. The lowest BCUT2D eigenvalue weighted by Gasteiger charge is -2.29. The first kappa shape index (κ1) is 19.7. The molecule has 0 fully saturated rings. The number of hydrogen-bond acceptors (Lipinski definition) is 2. The maximum atomic E-state index is 13.0. The van der Waals surface area contributed by atoms with Crippen LogP contribution in [-0.4, -0.2) is 32.1 Å². The Morgan fingerprint density at radius 3 is 2.64 bits per heavy atom. The van der Waals surface area contributed by atoms with E-state index in [2.05, 4.69) is 30.1 Å². The first-order chi connectivity index (χ1) is 11.7. The Bertz CT molecular complexity index is 674. The van der Waals surface area contributed by atoms with Crippen molar-refractivity contribution in [2.75, 3.05) is 27.2 Å². The minimum Gasteiger partial charge on any atom is -0.497 e. The molecule has 136 valence electrons. The van der Waals surface area contributed by atoms with Gasteiger partial charge >= 0.3 is 0 Å². The lowest BCUT2D eigenvalue weighted by Crippen LogP contribution is -2.28. The average Bonchev–Trinajstić information content (AvgIpc) is 2.61. The summed E-state index contributed by atoms with van der Waals surface area (Å²) < 4.78 is 18.3. The second kappa shape index (κ2) is 9.21. The van der Waals surface area contributed by atoms with Crippen molar-refractivity contribution >= 4 is 12.4 Å². The molecule has 0 saturated carbocycles. The molecule has 0 N–H and O–H groups in total. The zero-order chi connectivity index (χ0) is 16.9. The smallest absolute Gasteiger partial charge is 0.123 e. The number of halogens is 2. The molecule has 1 unspecified atom stereocenters. The molecule has 0 amide bonds. The normalized spacial score (nSPS) is 16.2. The van der Waals surface area contributed by atoms with E-state index >= 15 is 0 Å². The minimum atomic E-state index is -0.165. The third-order valence-electron chi connectivity index (χ3n) is 5.02. The van der Waals surface area contributed by atoms with Crippen LogP contribution in [0.25, 0.3) is 0 Å². The summed E-state index contributed by atoms with van der Waals surface area (Å²) in [6, 6.07) is 13.4. The van der Waals surface area contributed by atoms with Crippen molar-refractivity contribution in [2.45, 2.75) is 31.6 Å². The van der Waals surface area contributed by atoms with Gasteiger partial charge in [0.05, 0.1) is 7.11 Å². The molecule has 0 spiro atoms. The topological polar surface area (TPSA) is 12.5 Å². The molecule has 1 atom stereocenters. The van der Waals surface area contributed by atoms with E-state index in [1.54, 1.807) is 19.2 Å². The van der Waals surface area contributed by atoms with Gasteiger partial charge < -0.3 is 9.64 Å². The largest absolute Gasteiger partial charge is 0.497 e. The fraction of sp³-hybridized carbons (Fsp3) is 0.429. The van der Waals surface area contributed by atoms with Crippen LogP contribution in [0.3, 0.4) is 0 Å². The van der Waals surface area contributed by atoms with Crippen LogP contribution in [-0.2, 0) is 12.8 Å². The summed E-state index contributed by atoms with van der Waals surface area (Å²) in [5.74, 6) is 1.39. The van der Waals surface area contributed by atoms with Crippen LogP contribution in [0, 0.1) is 5.82 Å². The van der Waals surface area contributed by atoms with Crippen LogP contribution in [0.1, 0.15) is 35.4 Å². The maximum absolute atomic E-state index is 13.0. The summed E-state index contributed by atoms with van der Waals surface area (Å²) in [6.07, 6.45) is 4.61. The zero-order valence-corrected chi connectivity index (χ0v) is 15.8. The van der Waals surface area contributed by atoms with Crippen molar-refractivity contribution in [3.8, 4) is 5.75 Å². The Labute approximate surface area is 156 Å². The van der Waals surface area contributed by atoms with Gasteiger partial charge in [0.1, 0.15) is 11.6 Å². The number of rotatable bonds is 6. The highest BCUT2D eigenvalue weighted by atomic mass is 35.5. The number of hydrogen-bond donors (Lipinski definition) is 0. The first-order valence-corrected chi connectivity index (χ1v) is 8.75. The highest BCUT2D eigenvalue weighted by Crippen LogP contribution is 2.34. The Kier molecular flexibility index (Phi) is 7.27. The number of methoxy groups -OCH3 is 1. The predicted octanol–water partition coefficient (Wildman–Crippen LogP) is 4.85. The molecule has 0 aliphatic heterocycles. The van der Waals surface area contributed by atoms with E-state index in [4.69, 9.17) is 4.74 Å². The van der Waals surface area contributed by atoms with Gasteiger partial charge in [0.25, 0.3) is 0 Å². The summed E-state index contributed by atoms with van der Waals surface area (Å²) in [5, 5.41) is 0. The van der Waals surface area contributed by atoms with Gasteiger partial charge in [-0.2, -0.15) is 0 Å². The molecule has 3 rings (SSSR count). The fourth-order valence-corrected chi connectivity index (χ4v) is 3.65. The minimum absolute atomic E-state index is 0. The van der Waals surface area contributed by atoms with Crippen molar-refractivity contribution in [2.24, 2.45) is 0 Å². The number of fused-ring (bicyclic) bond motifs is 1. The monoisotopic (exact) mass is 363 g/mol. The molecule has 0 saturated heterocycles. The van der Waals surface area contributed by atoms with E-state index in [0.717, 1.165) is 31.7 Å². The second-order valence-corrected chi connectivity index (χ2v) is 6.79. The summed E-state index contributed by atoms with van der Waals surface area (Å²) >= 11 is 0. The van der Waals surface area contributed by atoms with Gasteiger partial charge in [-0.15, -0.1) is 12.4 Å². The summed E-state index contributed by atoms with van der Waals surface area (Å²) in [6.45, 7) is 2.06. The Morgan fingerprint density at radius 2 is 1.92 bits per heavy atom. The quantitative estimate of drug-likeness (QED) is 0.727. The van der Waals surface area contributed by atoms with E-state index in [1.807, 2.05) is 12.1 Å². The van der Waals surface area contributed by atoms with Crippen LogP contribution >= 0.6 is 12.4 Å². The van der Waals surface area contributed by atoms with Gasteiger partial charge in [-0.3, -0.25) is 0 Å². The molecular formula is C21H27ClFNO. The van der Waals surface area contributed by atoms with Crippen LogP contribution in [0.5, 0.6) is 5.75 Å². The van der Waals surface area contributed by atoms with Gasteiger partial charge in [0, 0.05) is 13.1 Å². The molecule has 0 heterocycles. The molecule has 0 radical (unpaired) electrons. The SMILES string of the molecule is COc1ccc2c(c1)CCCC2CN(C)CCc1ccc(F)cc1.Cl. The third-order valence-corrected chi connectivity index (χ3v) is 5.02. The number of likely N-dealkylation sites (N-methyl/N-ethyl adjacent to an activating group) is 1. The van der Waals surface area contributed by atoms with Crippen molar-refractivity contribution < 1.29 is 9.13 Å². The van der Waals surface area contributed by atoms with Gasteiger partial charge in [-0.05, 0) is 79.6 Å². The van der Waals surface area contributed by atoms with E-state index in [1.165, 1.54) is 29.5 Å². The van der Waals surface area contributed by atoms with Crippen molar-refractivity contribution in [3.63, 3.8) is 0 Å². The Hall–Kier alpha value is -1.58. The Morgan fingerprint density at radius 1 is 1.16 bits per heavy atom. The van der Waals surface area contributed by atoms with Crippen molar-refractivity contribution in [1.82, 2.24) is 4.90 Å². The van der Waals surface area contributed by atoms with Gasteiger partial charge in [0.2, 0.25) is 0 Å². The summed E-state index contributed by atoms with van der Waals surface area (Å²) in [4.78, 5) is 2.40.